The molecule has 0 radical (unpaired) electrons. The maximum atomic E-state index is 12.1. The van der Waals surface area contributed by atoms with Gasteiger partial charge in [0.1, 0.15) is 0 Å². The van der Waals surface area contributed by atoms with Crippen LogP contribution < -0.4 is 4.90 Å². The van der Waals surface area contributed by atoms with Crippen LogP contribution in [0.1, 0.15) is 32.8 Å². The number of benzene rings is 1. The second-order valence-corrected chi connectivity index (χ2v) is 6.64. The third kappa shape index (κ3) is 3.33. The molecular weight excluding hydrogens is 300 g/mol. The van der Waals surface area contributed by atoms with Crippen LogP contribution in [-0.2, 0) is 19.7 Å². The quantitative estimate of drug-likeness (QED) is 0.484. The molecule has 0 bridgehead atoms. The molecule has 1 unspecified atom stereocenters. The molecule has 1 fully saturated rings. The van der Waals surface area contributed by atoms with Gasteiger partial charge in [0.2, 0.25) is 5.91 Å². The van der Waals surface area contributed by atoms with Crippen molar-refractivity contribution in [2.45, 2.75) is 32.6 Å². The molecule has 0 N–H and O–H groups in total. The molecule has 1 aromatic carbocycles. The van der Waals surface area contributed by atoms with E-state index >= 15 is 0 Å². The van der Waals surface area contributed by atoms with Crippen LogP contribution in [0, 0.1) is 16.0 Å². The summed E-state index contributed by atoms with van der Waals surface area (Å²) in [7, 11) is 1.28. The van der Waals surface area contributed by atoms with E-state index in [0.717, 1.165) is 0 Å². The van der Waals surface area contributed by atoms with Crippen molar-refractivity contribution in [2.75, 3.05) is 18.6 Å². The number of esters is 1. The lowest BCUT2D eigenvalue weighted by Gasteiger charge is -2.21. The van der Waals surface area contributed by atoms with Crippen molar-refractivity contribution in [3.63, 3.8) is 0 Å². The van der Waals surface area contributed by atoms with E-state index in [1.54, 1.807) is 12.1 Å². The van der Waals surface area contributed by atoms with E-state index < -0.39 is 16.8 Å². The van der Waals surface area contributed by atoms with Crippen LogP contribution in [0.2, 0.25) is 0 Å². The number of amides is 1. The summed E-state index contributed by atoms with van der Waals surface area (Å²) in [4.78, 5) is 36.0. The van der Waals surface area contributed by atoms with E-state index in [1.807, 2.05) is 20.8 Å². The van der Waals surface area contributed by atoms with Gasteiger partial charge in [0.05, 0.1) is 23.6 Å². The lowest BCUT2D eigenvalue weighted by molar-refractivity contribution is -0.385. The number of methoxy groups -OCH3 is 1. The third-order valence-electron chi connectivity index (χ3n) is 3.96. The van der Waals surface area contributed by atoms with Gasteiger partial charge in [0.15, 0.2) is 0 Å². The molecular formula is C16H20N2O5. The lowest BCUT2D eigenvalue weighted by atomic mass is 9.85. The van der Waals surface area contributed by atoms with E-state index in [2.05, 4.69) is 4.74 Å². The average molecular weight is 320 g/mol. The number of nitro benzene ring substituents is 1. The first-order valence-corrected chi connectivity index (χ1v) is 7.32. The molecule has 0 aliphatic carbocycles. The van der Waals surface area contributed by atoms with Crippen LogP contribution in [0.5, 0.6) is 0 Å². The molecule has 7 nitrogen and oxygen atoms in total. The SMILES string of the molecule is COC(=O)C1CC(=O)N(c2ccc(C(C)(C)C)c([N+](=O)[O-])c2)C1. The van der Waals surface area contributed by atoms with E-state index in [1.165, 1.54) is 18.1 Å². The van der Waals surface area contributed by atoms with Crippen LogP contribution >= 0.6 is 0 Å². The van der Waals surface area contributed by atoms with E-state index in [0.29, 0.717) is 11.3 Å². The molecule has 0 saturated carbocycles. The molecule has 1 aliphatic heterocycles. The van der Waals surface area contributed by atoms with E-state index in [-0.39, 0.29) is 30.0 Å². The number of anilines is 1. The molecule has 124 valence electrons. The summed E-state index contributed by atoms with van der Waals surface area (Å²) >= 11 is 0. The highest BCUT2D eigenvalue weighted by Crippen LogP contribution is 2.35. The number of rotatable bonds is 3. The zero-order valence-corrected chi connectivity index (χ0v) is 13.7. The summed E-state index contributed by atoms with van der Waals surface area (Å²) in [6.45, 7) is 5.85. The number of hydrogen-bond acceptors (Lipinski definition) is 5. The Kier molecular flexibility index (Phi) is 4.40. The molecule has 1 amide bonds. The Bertz CT molecular complexity index is 663. The van der Waals surface area contributed by atoms with Gasteiger partial charge in [-0.1, -0.05) is 20.8 Å². The second kappa shape index (κ2) is 5.98. The predicted molar refractivity (Wildman–Crippen MR) is 84.3 cm³/mol. The Morgan fingerprint density at radius 3 is 2.57 bits per heavy atom. The van der Waals surface area contributed by atoms with Gasteiger partial charge in [-0.3, -0.25) is 19.7 Å². The van der Waals surface area contributed by atoms with Crippen LogP contribution in [0.4, 0.5) is 11.4 Å². The number of carbonyl (C=O) groups is 2. The van der Waals surface area contributed by atoms with Crippen molar-refractivity contribution in [1.29, 1.82) is 0 Å². The van der Waals surface area contributed by atoms with Gasteiger partial charge in [-0.2, -0.15) is 0 Å². The van der Waals surface area contributed by atoms with Crippen molar-refractivity contribution in [2.24, 2.45) is 5.92 Å². The first-order valence-electron chi connectivity index (χ1n) is 7.32. The van der Waals surface area contributed by atoms with Crippen molar-refractivity contribution in [3.05, 3.63) is 33.9 Å². The van der Waals surface area contributed by atoms with E-state index in [9.17, 15) is 19.7 Å². The van der Waals surface area contributed by atoms with Gasteiger partial charge < -0.3 is 9.64 Å². The number of ether oxygens (including phenoxy) is 1. The number of nitro groups is 1. The van der Waals surface area contributed by atoms with Gasteiger partial charge in [0, 0.05) is 24.6 Å². The highest BCUT2D eigenvalue weighted by Gasteiger charge is 2.37. The van der Waals surface area contributed by atoms with Gasteiger partial charge in [-0.05, 0) is 17.5 Å². The monoisotopic (exact) mass is 320 g/mol. The Morgan fingerprint density at radius 1 is 1.39 bits per heavy atom. The Hall–Kier alpha value is -2.44. The fourth-order valence-electron chi connectivity index (χ4n) is 2.75. The van der Waals surface area contributed by atoms with Crippen LogP contribution in [0.15, 0.2) is 18.2 Å². The molecule has 7 heteroatoms. The largest absolute Gasteiger partial charge is 0.469 e. The van der Waals surface area contributed by atoms with Gasteiger partial charge >= 0.3 is 5.97 Å². The Balaban J connectivity index is 2.38. The first kappa shape index (κ1) is 16.9. The van der Waals surface area contributed by atoms with Crippen LogP contribution in [0.3, 0.4) is 0 Å². The summed E-state index contributed by atoms with van der Waals surface area (Å²) in [5.74, 6) is -1.21. The van der Waals surface area contributed by atoms with E-state index in [4.69, 9.17) is 0 Å². The van der Waals surface area contributed by atoms with Crippen molar-refractivity contribution >= 4 is 23.3 Å². The molecule has 23 heavy (non-hydrogen) atoms. The average Bonchev–Trinajstić information content (AvgIpc) is 2.86. The van der Waals surface area contributed by atoms with Gasteiger partial charge in [0.25, 0.3) is 5.69 Å². The Labute approximate surface area is 134 Å². The number of nitrogens with zero attached hydrogens (tertiary/aromatic N) is 2. The molecule has 1 heterocycles. The smallest absolute Gasteiger partial charge is 0.311 e. The predicted octanol–water partition coefficient (Wildman–Crippen LogP) is 2.42. The first-order chi connectivity index (χ1) is 10.6. The summed E-state index contributed by atoms with van der Waals surface area (Å²) in [6, 6.07) is 4.76. The summed E-state index contributed by atoms with van der Waals surface area (Å²) < 4.78 is 4.67. The highest BCUT2D eigenvalue weighted by molar-refractivity contribution is 5.99. The van der Waals surface area contributed by atoms with Crippen molar-refractivity contribution in [1.82, 2.24) is 0 Å². The molecule has 1 aromatic rings. The molecule has 0 spiro atoms. The second-order valence-electron chi connectivity index (χ2n) is 6.64. The maximum Gasteiger partial charge on any atom is 0.311 e. The molecule has 1 aliphatic rings. The summed E-state index contributed by atoms with van der Waals surface area (Å²) in [5.41, 5.74) is 0.623. The van der Waals surface area contributed by atoms with Crippen LogP contribution in [-0.4, -0.2) is 30.5 Å². The molecule has 1 saturated heterocycles. The van der Waals surface area contributed by atoms with Gasteiger partial charge in [-0.25, -0.2) is 0 Å². The molecule has 0 aromatic heterocycles. The van der Waals surface area contributed by atoms with Gasteiger partial charge in [-0.15, -0.1) is 0 Å². The van der Waals surface area contributed by atoms with Crippen LogP contribution in [0.25, 0.3) is 0 Å². The third-order valence-corrected chi connectivity index (χ3v) is 3.96. The fourth-order valence-corrected chi connectivity index (χ4v) is 2.75. The lowest BCUT2D eigenvalue weighted by Crippen LogP contribution is -2.26. The Morgan fingerprint density at radius 2 is 2.04 bits per heavy atom. The highest BCUT2D eigenvalue weighted by atomic mass is 16.6. The normalized spacial score (nSPS) is 18.2. The fraction of sp³-hybridized carbons (Fsp3) is 0.500. The zero-order valence-electron chi connectivity index (χ0n) is 13.7. The minimum Gasteiger partial charge on any atom is -0.469 e. The van der Waals surface area contributed by atoms with Crippen molar-refractivity contribution in [3.8, 4) is 0 Å². The number of hydrogen-bond donors (Lipinski definition) is 0. The zero-order chi connectivity index (χ0) is 17.4. The molecule has 1 atom stereocenters. The standard InChI is InChI=1S/C16H20N2O5/c1-16(2,3)12-6-5-11(8-13(12)18(21)22)17-9-10(7-14(17)19)15(20)23-4/h5-6,8,10H,7,9H2,1-4H3. The number of carbonyl (C=O) groups excluding carboxylic acids is 2. The summed E-state index contributed by atoms with van der Waals surface area (Å²) in [6.07, 6.45) is 0.0570. The van der Waals surface area contributed by atoms with Crippen molar-refractivity contribution < 1.29 is 19.2 Å². The molecule has 2 rings (SSSR count). The minimum atomic E-state index is -0.533. The summed E-state index contributed by atoms with van der Waals surface area (Å²) in [5, 5.41) is 11.4. The maximum absolute atomic E-state index is 12.1. The minimum absolute atomic E-state index is 0.0238. The topological polar surface area (TPSA) is 89.8 Å².